The van der Waals surface area contributed by atoms with E-state index in [1.165, 1.54) is 18.2 Å². The second kappa shape index (κ2) is 5.90. The molecule has 0 atom stereocenters. The molecule has 2 aromatic carbocycles. The van der Waals surface area contributed by atoms with Crippen LogP contribution in [-0.4, -0.2) is 5.91 Å². The van der Waals surface area contributed by atoms with Crippen LogP contribution in [0, 0.1) is 5.82 Å². The summed E-state index contributed by atoms with van der Waals surface area (Å²) in [6, 6.07) is 9.06. The van der Waals surface area contributed by atoms with Crippen LogP contribution in [-0.2, 0) is 0 Å². The van der Waals surface area contributed by atoms with Crippen LogP contribution in [0.1, 0.15) is 10.4 Å². The number of amides is 1. The topological polar surface area (TPSA) is 29.1 Å². The van der Waals surface area contributed by atoms with Gasteiger partial charge in [-0.15, -0.1) is 0 Å². The average Bonchev–Trinajstić information content (AvgIpc) is 2.37. The highest BCUT2D eigenvalue weighted by Gasteiger charge is 2.14. The molecular weight excluding hydrogens is 356 g/mol. The smallest absolute Gasteiger partial charge is 0.257 e. The maximum atomic E-state index is 13.3. The van der Waals surface area contributed by atoms with Crippen molar-refractivity contribution in [3.63, 3.8) is 0 Å². The van der Waals surface area contributed by atoms with Crippen LogP contribution in [0.3, 0.4) is 0 Å². The first kappa shape index (κ1) is 14.3. The quantitative estimate of drug-likeness (QED) is 0.786. The lowest BCUT2D eigenvalue weighted by molar-refractivity contribution is 0.102. The summed E-state index contributed by atoms with van der Waals surface area (Å²) in [4.78, 5) is 12.0. The van der Waals surface area contributed by atoms with Crippen molar-refractivity contribution >= 4 is 50.7 Å². The van der Waals surface area contributed by atoms with Gasteiger partial charge in [-0.25, -0.2) is 4.39 Å². The monoisotopic (exact) mass is 361 g/mol. The van der Waals surface area contributed by atoms with Crippen LogP contribution in [0.25, 0.3) is 0 Å². The highest BCUT2D eigenvalue weighted by atomic mass is 79.9. The molecule has 1 amide bonds. The molecule has 0 saturated heterocycles. The fourth-order valence-corrected chi connectivity index (χ4v) is 2.20. The Kier molecular flexibility index (Phi) is 4.45. The van der Waals surface area contributed by atoms with Gasteiger partial charge < -0.3 is 5.32 Å². The Morgan fingerprint density at radius 2 is 1.95 bits per heavy atom. The van der Waals surface area contributed by atoms with Crippen LogP contribution < -0.4 is 5.32 Å². The highest BCUT2D eigenvalue weighted by Crippen LogP contribution is 2.27. The van der Waals surface area contributed by atoms with Crippen LogP contribution in [0.4, 0.5) is 10.1 Å². The van der Waals surface area contributed by atoms with Crippen molar-refractivity contribution < 1.29 is 9.18 Å². The fraction of sp³-hybridized carbons (Fsp3) is 0. The zero-order valence-corrected chi connectivity index (χ0v) is 12.5. The summed E-state index contributed by atoms with van der Waals surface area (Å²) in [5.41, 5.74) is 0.471. The minimum absolute atomic E-state index is 0.0534. The first-order chi connectivity index (χ1) is 8.99. The summed E-state index contributed by atoms with van der Waals surface area (Å²) in [5, 5.41) is 2.75. The van der Waals surface area contributed by atoms with Gasteiger partial charge in [0.25, 0.3) is 5.91 Å². The van der Waals surface area contributed by atoms with Crippen LogP contribution in [0.5, 0.6) is 0 Å². The average molecular weight is 363 g/mol. The van der Waals surface area contributed by atoms with Crippen LogP contribution in [0.15, 0.2) is 40.9 Å². The van der Waals surface area contributed by atoms with E-state index < -0.39 is 11.7 Å². The second-order valence-corrected chi connectivity index (χ2v) is 5.38. The molecule has 0 unspecified atom stereocenters. The predicted molar refractivity (Wildman–Crippen MR) is 78.5 cm³/mol. The Hall–Kier alpha value is -1.10. The third-order valence-corrected chi connectivity index (χ3v) is 3.58. The molecule has 0 fully saturated rings. The molecule has 2 aromatic rings. The number of halogens is 4. The molecular formula is C13H7BrCl2FNO. The van der Waals surface area contributed by atoms with Gasteiger partial charge in [0.1, 0.15) is 5.82 Å². The molecule has 0 spiro atoms. The van der Waals surface area contributed by atoms with Crippen molar-refractivity contribution in [1.82, 2.24) is 0 Å². The number of hydrogen-bond donors (Lipinski definition) is 1. The molecule has 98 valence electrons. The molecule has 0 aliphatic carbocycles. The molecule has 2 rings (SSSR count). The lowest BCUT2D eigenvalue weighted by Gasteiger charge is -2.09. The van der Waals surface area contributed by atoms with Crippen LogP contribution in [0.2, 0.25) is 10.0 Å². The van der Waals surface area contributed by atoms with E-state index in [1.54, 1.807) is 18.2 Å². The van der Waals surface area contributed by atoms with Gasteiger partial charge in [-0.1, -0.05) is 45.2 Å². The molecule has 0 saturated carbocycles. The molecule has 0 aliphatic rings. The number of rotatable bonds is 2. The van der Waals surface area contributed by atoms with Crippen LogP contribution >= 0.6 is 39.1 Å². The molecule has 0 heterocycles. The lowest BCUT2D eigenvalue weighted by Crippen LogP contribution is -2.13. The maximum Gasteiger partial charge on any atom is 0.257 e. The fourth-order valence-electron chi connectivity index (χ4n) is 1.46. The molecule has 6 heteroatoms. The van der Waals surface area contributed by atoms with Gasteiger partial charge in [-0.3, -0.25) is 4.79 Å². The third kappa shape index (κ3) is 3.26. The summed E-state index contributed by atoms with van der Waals surface area (Å²) >= 11 is 15.0. The van der Waals surface area contributed by atoms with E-state index in [-0.39, 0.29) is 10.6 Å². The number of benzene rings is 2. The number of anilines is 1. The summed E-state index contributed by atoms with van der Waals surface area (Å²) < 4.78 is 14.0. The second-order valence-electron chi connectivity index (χ2n) is 3.68. The van der Waals surface area contributed by atoms with E-state index in [2.05, 4.69) is 21.2 Å². The molecule has 0 radical (unpaired) electrons. The maximum absolute atomic E-state index is 13.3. The molecule has 19 heavy (non-hydrogen) atoms. The minimum atomic E-state index is -0.644. The van der Waals surface area contributed by atoms with Crippen molar-refractivity contribution in [2.24, 2.45) is 0 Å². The number of carbonyl (C=O) groups excluding carboxylic acids is 1. The molecule has 0 aromatic heterocycles. The van der Waals surface area contributed by atoms with E-state index in [9.17, 15) is 9.18 Å². The third-order valence-electron chi connectivity index (χ3n) is 2.37. The zero-order valence-electron chi connectivity index (χ0n) is 9.38. The van der Waals surface area contributed by atoms with Crippen molar-refractivity contribution in [3.8, 4) is 0 Å². The van der Waals surface area contributed by atoms with Crippen molar-refractivity contribution in [2.75, 3.05) is 5.32 Å². The highest BCUT2D eigenvalue weighted by molar-refractivity contribution is 9.10. The van der Waals surface area contributed by atoms with E-state index in [0.29, 0.717) is 10.7 Å². The van der Waals surface area contributed by atoms with Crippen molar-refractivity contribution in [2.45, 2.75) is 0 Å². The SMILES string of the molecule is O=C(Nc1cc(Br)ccc1Cl)c1cccc(F)c1Cl. The Morgan fingerprint density at radius 3 is 2.68 bits per heavy atom. The standard InChI is InChI=1S/C13H7BrCl2FNO/c14-7-4-5-9(15)11(6-7)18-13(19)8-2-1-3-10(17)12(8)16/h1-6H,(H,18,19). The van der Waals surface area contributed by atoms with E-state index in [4.69, 9.17) is 23.2 Å². The van der Waals surface area contributed by atoms with Gasteiger partial charge in [-0.2, -0.15) is 0 Å². The largest absolute Gasteiger partial charge is 0.321 e. The summed E-state index contributed by atoms with van der Waals surface area (Å²) in [6.45, 7) is 0. The molecule has 0 aliphatic heterocycles. The normalized spacial score (nSPS) is 10.3. The van der Waals surface area contributed by atoms with E-state index >= 15 is 0 Å². The van der Waals surface area contributed by atoms with Gasteiger partial charge in [0.05, 0.1) is 21.3 Å². The predicted octanol–water partition coefficient (Wildman–Crippen LogP) is 5.15. The molecule has 1 N–H and O–H groups in total. The molecule has 2 nitrogen and oxygen atoms in total. The van der Waals surface area contributed by atoms with Gasteiger partial charge in [-0.05, 0) is 30.3 Å². The van der Waals surface area contributed by atoms with Gasteiger partial charge in [0, 0.05) is 4.47 Å². The summed E-state index contributed by atoms with van der Waals surface area (Å²) in [7, 11) is 0. The summed E-state index contributed by atoms with van der Waals surface area (Å²) in [6.07, 6.45) is 0. The Bertz CT molecular complexity index is 649. The minimum Gasteiger partial charge on any atom is -0.321 e. The summed E-state index contributed by atoms with van der Waals surface area (Å²) in [5.74, 6) is -1.17. The van der Waals surface area contributed by atoms with Crippen molar-refractivity contribution in [1.29, 1.82) is 0 Å². The lowest BCUT2D eigenvalue weighted by atomic mass is 10.2. The number of nitrogens with one attached hydrogen (secondary N) is 1. The first-order valence-electron chi connectivity index (χ1n) is 5.19. The number of hydrogen-bond acceptors (Lipinski definition) is 1. The Balaban J connectivity index is 2.31. The Labute approximate surface area is 127 Å². The number of carbonyl (C=O) groups is 1. The first-order valence-corrected chi connectivity index (χ1v) is 6.74. The van der Waals surface area contributed by atoms with Crippen molar-refractivity contribution in [3.05, 3.63) is 62.3 Å². The van der Waals surface area contributed by atoms with E-state index in [0.717, 1.165) is 4.47 Å². The zero-order chi connectivity index (χ0) is 14.0. The van der Waals surface area contributed by atoms with Gasteiger partial charge in [0.2, 0.25) is 0 Å². The molecule has 0 bridgehead atoms. The van der Waals surface area contributed by atoms with E-state index in [1.807, 2.05) is 0 Å². The Morgan fingerprint density at radius 1 is 1.21 bits per heavy atom. The van der Waals surface area contributed by atoms with Gasteiger partial charge in [0.15, 0.2) is 0 Å². The van der Waals surface area contributed by atoms with Gasteiger partial charge >= 0.3 is 0 Å².